The molecule has 0 N–H and O–H groups in total. The highest BCUT2D eigenvalue weighted by molar-refractivity contribution is 7.26. The number of hydrogen-bond acceptors (Lipinski definition) is 4. The number of thiophene rings is 2. The first-order valence-electron chi connectivity index (χ1n) is 19.5. The van der Waals surface area contributed by atoms with E-state index < -0.39 is 0 Å². The van der Waals surface area contributed by atoms with E-state index in [1.54, 1.807) is 0 Å². The minimum Gasteiger partial charge on any atom is -0.310 e. The first-order chi connectivity index (χ1) is 27.3. The van der Waals surface area contributed by atoms with E-state index in [-0.39, 0.29) is 10.8 Å². The van der Waals surface area contributed by atoms with E-state index in [1.807, 2.05) is 22.7 Å². The lowest BCUT2D eigenvalue weighted by Gasteiger charge is -2.42. The summed E-state index contributed by atoms with van der Waals surface area (Å²) in [4.78, 5) is 4.97. The molecule has 0 spiro atoms. The third-order valence-corrected chi connectivity index (χ3v) is 15.0. The molecule has 2 aliphatic heterocycles. The number of rotatable bonds is 2. The topological polar surface area (TPSA) is 6.48 Å². The molecule has 10 aromatic rings. The van der Waals surface area contributed by atoms with Crippen LogP contribution in [0.1, 0.15) is 49.9 Å². The van der Waals surface area contributed by atoms with E-state index >= 15 is 0 Å². The van der Waals surface area contributed by atoms with E-state index in [9.17, 15) is 0 Å². The van der Waals surface area contributed by atoms with Gasteiger partial charge in [-0.15, -0.1) is 22.7 Å². The molecule has 0 atom stereocenters. The van der Waals surface area contributed by atoms with Crippen LogP contribution in [0.15, 0.2) is 158 Å². The van der Waals surface area contributed by atoms with Gasteiger partial charge in [0.05, 0.1) is 22.7 Å². The molecular weight excluding hydrogens is 717 g/mol. The van der Waals surface area contributed by atoms with Crippen molar-refractivity contribution in [3.8, 4) is 0 Å². The van der Waals surface area contributed by atoms with Crippen LogP contribution in [0.4, 0.5) is 34.1 Å². The molecule has 8 aromatic carbocycles. The van der Waals surface area contributed by atoms with Gasteiger partial charge < -0.3 is 9.80 Å². The zero-order chi connectivity index (χ0) is 37.5. The Morgan fingerprint density at radius 3 is 1.12 bits per heavy atom. The van der Waals surface area contributed by atoms with Crippen LogP contribution in [-0.2, 0) is 10.8 Å². The van der Waals surface area contributed by atoms with Crippen molar-refractivity contribution >= 4 is 108 Å². The molecule has 0 fully saturated rings. The first-order valence-corrected chi connectivity index (χ1v) is 21.2. The predicted octanol–water partition coefficient (Wildman–Crippen LogP) is 15.8. The summed E-state index contributed by atoms with van der Waals surface area (Å²) < 4.78 is 5.37. The molecule has 0 unspecified atom stereocenters. The summed E-state index contributed by atoms with van der Waals surface area (Å²) in [5, 5.41) is 8.20. The van der Waals surface area contributed by atoms with Crippen LogP contribution in [0, 0.1) is 0 Å². The van der Waals surface area contributed by atoms with Crippen LogP contribution < -0.4 is 9.80 Å². The van der Waals surface area contributed by atoms with Crippen molar-refractivity contribution in [2.75, 3.05) is 9.80 Å². The van der Waals surface area contributed by atoms with Crippen LogP contribution in [0.2, 0.25) is 0 Å². The molecule has 0 saturated carbocycles. The quantitative estimate of drug-likeness (QED) is 0.173. The van der Waals surface area contributed by atoms with E-state index in [0.717, 1.165) is 0 Å². The Kier molecular flexibility index (Phi) is 6.53. The van der Waals surface area contributed by atoms with Crippen LogP contribution in [0.5, 0.6) is 0 Å². The van der Waals surface area contributed by atoms with E-state index in [4.69, 9.17) is 0 Å². The summed E-state index contributed by atoms with van der Waals surface area (Å²) >= 11 is 3.86. The predicted molar refractivity (Wildman–Crippen MR) is 243 cm³/mol. The third-order valence-electron chi connectivity index (χ3n) is 12.8. The fourth-order valence-electron chi connectivity index (χ4n) is 10.4. The summed E-state index contributed by atoms with van der Waals surface area (Å²) in [5.74, 6) is 0. The van der Waals surface area contributed by atoms with Gasteiger partial charge in [-0.25, -0.2) is 0 Å². The third kappa shape index (κ3) is 4.15. The number of hydrogen-bond donors (Lipinski definition) is 0. The monoisotopic (exact) mass is 754 g/mol. The lowest BCUT2D eigenvalue weighted by molar-refractivity contribution is 0.638. The van der Waals surface area contributed by atoms with E-state index in [2.05, 4.69) is 195 Å². The Labute approximate surface area is 334 Å². The zero-order valence-electron chi connectivity index (χ0n) is 31.7. The summed E-state index contributed by atoms with van der Waals surface area (Å²) in [5.41, 5.74) is 12.5. The molecular formula is C52H38N2S2. The molecule has 2 aromatic heterocycles. The van der Waals surface area contributed by atoms with Crippen molar-refractivity contribution in [1.29, 1.82) is 0 Å². The van der Waals surface area contributed by atoms with Crippen LogP contribution >= 0.6 is 22.7 Å². The summed E-state index contributed by atoms with van der Waals surface area (Å²) in [6, 6.07) is 58.9. The van der Waals surface area contributed by atoms with Gasteiger partial charge in [0.2, 0.25) is 0 Å². The van der Waals surface area contributed by atoms with Crippen molar-refractivity contribution < 1.29 is 0 Å². The summed E-state index contributed by atoms with van der Waals surface area (Å²) in [6.45, 7) is 9.71. The van der Waals surface area contributed by atoms with Gasteiger partial charge in [0, 0.05) is 62.5 Å². The first kappa shape index (κ1) is 32.3. The lowest BCUT2D eigenvalue weighted by Crippen LogP contribution is -2.30. The fraction of sp³-hybridized carbons (Fsp3) is 0.115. The van der Waals surface area contributed by atoms with Gasteiger partial charge in [-0.2, -0.15) is 0 Å². The Morgan fingerprint density at radius 1 is 0.339 bits per heavy atom. The van der Waals surface area contributed by atoms with Gasteiger partial charge in [-0.3, -0.25) is 0 Å². The zero-order valence-corrected chi connectivity index (χ0v) is 33.4. The Bertz CT molecular complexity index is 3040. The van der Waals surface area contributed by atoms with Gasteiger partial charge >= 0.3 is 0 Å². The maximum absolute atomic E-state index is 2.49. The molecule has 0 bridgehead atoms. The molecule has 0 saturated heterocycles. The fourth-order valence-corrected chi connectivity index (χ4v) is 12.6. The summed E-state index contributed by atoms with van der Waals surface area (Å²) in [6.07, 6.45) is 0. The highest BCUT2D eigenvalue weighted by Crippen LogP contribution is 2.59. The Balaban J connectivity index is 1.20. The normalized spacial score (nSPS) is 15.4. The van der Waals surface area contributed by atoms with Crippen LogP contribution in [0.25, 0.3) is 51.1 Å². The molecule has 4 heterocycles. The molecule has 2 nitrogen and oxygen atoms in total. The van der Waals surface area contributed by atoms with E-state index in [0.29, 0.717) is 0 Å². The highest BCUT2D eigenvalue weighted by Gasteiger charge is 2.41. The Hall–Kier alpha value is -5.94. The van der Waals surface area contributed by atoms with Gasteiger partial charge in [-0.05, 0) is 106 Å². The summed E-state index contributed by atoms with van der Waals surface area (Å²) in [7, 11) is 0. The second-order valence-corrected chi connectivity index (χ2v) is 18.6. The standard InChI is InChI=1S/C52H38N2S2/c1-51(2)35-19-11-13-21-37(35)53(31-15-7-5-8-16-31)39-25-29-43-47(49(39)51)45-33-23-28-42-46(34(33)24-27-41(45)55-43)48-44(56-42)30-26-40-50(48)52(3,4)36-20-12-14-22-38(36)54(40)32-17-9-6-10-18-32/h5-30H,1-4H3. The maximum Gasteiger partial charge on any atom is 0.0509 e. The van der Waals surface area contributed by atoms with E-state index in [1.165, 1.54) is 107 Å². The smallest absolute Gasteiger partial charge is 0.0509 e. The molecule has 12 rings (SSSR count). The van der Waals surface area contributed by atoms with Crippen molar-refractivity contribution in [3.63, 3.8) is 0 Å². The Morgan fingerprint density at radius 2 is 0.696 bits per heavy atom. The van der Waals surface area contributed by atoms with Gasteiger partial charge in [0.15, 0.2) is 0 Å². The molecule has 268 valence electrons. The number of anilines is 6. The minimum atomic E-state index is -0.219. The molecule has 0 radical (unpaired) electrons. The minimum absolute atomic E-state index is 0.219. The average Bonchev–Trinajstić information content (AvgIpc) is 3.80. The largest absolute Gasteiger partial charge is 0.310 e. The molecule has 0 aliphatic carbocycles. The van der Waals surface area contributed by atoms with Crippen molar-refractivity contribution in [3.05, 3.63) is 180 Å². The van der Waals surface area contributed by atoms with Crippen LogP contribution in [0.3, 0.4) is 0 Å². The number of benzene rings is 8. The number of fused-ring (bicyclic) bond motifs is 15. The van der Waals surface area contributed by atoms with Crippen molar-refractivity contribution in [2.24, 2.45) is 0 Å². The average molecular weight is 755 g/mol. The molecule has 56 heavy (non-hydrogen) atoms. The molecule has 2 aliphatic rings. The molecule has 0 amide bonds. The van der Waals surface area contributed by atoms with Gasteiger partial charge in [-0.1, -0.05) is 113 Å². The van der Waals surface area contributed by atoms with Crippen LogP contribution in [-0.4, -0.2) is 0 Å². The van der Waals surface area contributed by atoms with Crippen molar-refractivity contribution in [1.82, 2.24) is 0 Å². The van der Waals surface area contributed by atoms with Gasteiger partial charge in [0.25, 0.3) is 0 Å². The lowest BCUT2D eigenvalue weighted by atomic mass is 9.71. The maximum atomic E-state index is 2.49. The SMILES string of the molecule is CC1(C)c2ccccc2N(c2ccccc2)c2ccc3sc4ccc5c(ccc6sc7ccc8c(c7c65)C(C)(C)c5ccccc5N8c5ccccc5)c4c3c21. The second kappa shape index (κ2) is 11.3. The van der Waals surface area contributed by atoms with Gasteiger partial charge in [0.1, 0.15) is 0 Å². The molecule has 4 heteroatoms. The number of nitrogens with zero attached hydrogens (tertiary/aromatic N) is 2. The van der Waals surface area contributed by atoms with Crippen molar-refractivity contribution in [2.45, 2.75) is 38.5 Å². The number of para-hydroxylation sites is 4. The highest BCUT2D eigenvalue weighted by atomic mass is 32.1. The second-order valence-electron chi connectivity index (χ2n) is 16.5.